The Bertz CT molecular complexity index is 764. The van der Waals surface area contributed by atoms with Gasteiger partial charge in [-0.1, -0.05) is 6.07 Å². The number of carbonyl (C=O) groups is 1. The summed E-state index contributed by atoms with van der Waals surface area (Å²) >= 11 is 1.82. The summed E-state index contributed by atoms with van der Waals surface area (Å²) in [6, 6.07) is 6.27. The van der Waals surface area contributed by atoms with Crippen LogP contribution in [0.4, 0.5) is 5.69 Å². The molecule has 0 bridgehead atoms. The molecule has 1 fully saturated rings. The molecule has 1 aromatic heterocycles. The van der Waals surface area contributed by atoms with Gasteiger partial charge in [-0.25, -0.2) is 4.98 Å². The van der Waals surface area contributed by atoms with E-state index in [1.807, 2.05) is 29.7 Å². The molecule has 0 atom stereocenters. The zero-order chi connectivity index (χ0) is 16.0. The Balaban J connectivity index is 1.70. The fourth-order valence-electron chi connectivity index (χ4n) is 2.94. The second-order valence-corrected chi connectivity index (χ2v) is 7.51. The van der Waals surface area contributed by atoms with E-state index >= 15 is 0 Å². The highest BCUT2D eigenvalue weighted by atomic mass is 32.2. The van der Waals surface area contributed by atoms with Gasteiger partial charge in [-0.2, -0.15) is 0 Å². The number of rotatable bonds is 2. The molecule has 2 aromatic rings. The number of aromatic nitrogens is 1. The van der Waals surface area contributed by atoms with Crippen molar-refractivity contribution in [3.8, 4) is 0 Å². The maximum absolute atomic E-state index is 13.1. The third-order valence-corrected chi connectivity index (χ3v) is 5.50. The van der Waals surface area contributed by atoms with E-state index in [2.05, 4.69) is 24.0 Å². The molecule has 23 heavy (non-hydrogen) atoms. The normalized spacial score (nSPS) is 17.7. The fourth-order valence-corrected chi connectivity index (χ4v) is 4.03. The number of fused-ring (bicyclic) bond motifs is 1. The first kappa shape index (κ1) is 14.8. The largest absolute Gasteiger partial charge is 0.435 e. The van der Waals surface area contributed by atoms with E-state index in [-0.39, 0.29) is 5.91 Å². The molecular formula is C18H20N2O2S. The van der Waals surface area contributed by atoms with E-state index in [9.17, 15) is 4.79 Å². The summed E-state index contributed by atoms with van der Waals surface area (Å²) in [5, 5.41) is 0. The monoisotopic (exact) mass is 328 g/mol. The highest BCUT2D eigenvalue weighted by Crippen LogP contribution is 2.41. The zero-order valence-electron chi connectivity index (χ0n) is 13.5. The molecule has 1 amide bonds. The minimum Gasteiger partial charge on any atom is -0.435 e. The molecule has 4 rings (SSSR count). The predicted octanol–water partition coefficient (Wildman–Crippen LogP) is 4.31. The molecule has 1 saturated carbocycles. The van der Waals surface area contributed by atoms with Gasteiger partial charge in [0.2, 0.25) is 5.76 Å². The van der Waals surface area contributed by atoms with Crippen LogP contribution >= 0.6 is 11.8 Å². The van der Waals surface area contributed by atoms with Crippen LogP contribution in [0.1, 0.15) is 52.9 Å². The smallest absolute Gasteiger partial charge is 0.296 e. The molecule has 0 saturated heterocycles. The Labute approximate surface area is 140 Å². The van der Waals surface area contributed by atoms with E-state index in [1.54, 1.807) is 0 Å². The first-order valence-electron chi connectivity index (χ1n) is 8.16. The third-order valence-electron chi connectivity index (χ3n) is 4.37. The van der Waals surface area contributed by atoms with Gasteiger partial charge in [-0.15, -0.1) is 11.8 Å². The average Bonchev–Trinajstić information content (AvgIpc) is 3.32. The van der Waals surface area contributed by atoms with E-state index in [0.29, 0.717) is 17.4 Å². The van der Waals surface area contributed by atoms with Crippen molar-refractivity contribution in [3.05, 3.63) is 41.1 Å². The number of oxazole rings is 1. The Morgan fingerprint density at radius 1 is 1.35 bits per heavy atom. The first-order valence-corrected chi connectivity index (χ1v) is 9.14. The maximum Gasteiger partial charge on any atom is 0.296 e. The van der Waals surface area contributed by atoms with Crippen LogP contribution in [0.25, 0.3) is 0 Å². The van der Waals surface area contributed by atoms with E-state index in [4.69, 9.17) is 4.42 Å². The molecule has 2 aliphatic rings. The SMILES string of the molecule is Cc1ccc2c(c1)SCCCN2C(=O)c1oc(C2CC2)nc1C. The number of aryl methyl sites for hydroxylation is 2. The molecule has 1 aliphatic carbocycles. The second kappa shape index (κ2) is 5.71. The van der Waals surface area contributed by atoms with Crippen LogP contribution in [0.2, 0.25) is 0 Å². The predicted molar refractivity (Wildman–Crippen MR) is 91.4 cm³/mol. The lowest BCUT2D eigenvalue weighted by Gasteiger charge is -2.21. The molecule has 0 N–H and O–H groups in total. The molecule has 1 aromatic carbocycles. The molecule has 4 nitrogen and oxygen atoms in total. The Hall–Kier alpha value is -1.75. The second-order valence-electron chi connectivity index (χ2n) is 6.37. The van der Waals surface area contributed by atoms with Gasteiger partial charge in [0, 0.05) is 17.4 Å². The van der Waals surface area contributed by atoms with Gasteiger partial charge in [0.1, 0.15) is 0 Å². The topological polar surface area (TPSA) is 46.3 Å². The summed E-state index contributed by atoms with van der Waals surface area (Å²) in [4.78, 5) is 20.6. The molecule has 5 heteroatoms. The van der Waals surface area contributed by atoms with Crippen LogP contribution in [0, 0.1) is 13.8 Å². The highest BCUT2D eigenvalue weighted by molar-refractivity contribution is 7.99. The number of thioether (sulfide) groups is 1. The lowest BCUT2D eigenvalue weighted by atomic mass is 10.2. The van der Waals surface area contributed by atoms with Gasteiger partial charge in [0.05, 0.1) is 11.4 Å². The van der Waals surface area contributed by atoms with Crippen molar-refractivity contribution in [2.24, 2.45) is 0 Å². The molecule has 0 spiro atoms. The number of anilines is 1. The Morgan fingerprint density at radius 2 is 2.17 bits per heavy atom. The lowest BCUT2D eigenvalue weighted by Crippen LogP contribution is -2.32. The number of carbonyl (C=O) groups excluding carboxylic acids is 1. The van der Waals surface area contributed by atoms with Crippen molar-refractivity contribution in [3.63, 3.8) is 0 Å². The zero-order valence-corrected chi connectivity index (χ0v) is 14.3. The number of hydrogen-bond acceptors (Lipinski definition) is 4. The number of amides is 1. The maximum atomic E-state index is 13.1. The van der Waals surface area contributed by atoms with Gasteiger partial charge >= 0.3 is 0 Å². The Morgan fingerprint density at radius 3 is 2.96 bits per heavy atom. The third kappa shape index (κ3) is 2.78. The van der Waals surface area contributed by atoms with Crippen LogP contribution in [0.15, 0.2) is 27.5 Å². The van der Waals surface area contributed by atoms with Gasteiger partial charge < -0.3 is 9.32 Å². The van der Waals surface area contributed by atoms with Crippen LogP contribution in [0.5, 0.6) is 0 Å². The minimum absolute atomic E-state index is 0.0606. The van der Waals surface area contributed by atoms with Gasteiger partial charge in [-0.05, 0) is 56.6 Å². The van der Waals surface area contributed by atoms with Crippen LogP contribution in [-0.2, 0) is 0 Å². The fraction of sp³-hybridized carbons (Fsp3) is 0.444. The average molecular weight is 328 g/mol. The van der Waals surface area contributed by atoms with Crippen molar-refractivity contribution in [1.29, 1.82) is 0 Å². The summed E-state index contributed by atoms with van der Waals surface area (Å²) in [7, 11) is 0. The summed E-state index contributed by atoms with van der Waals surface area (Å²) < 4.78 is 5.82. The molecular weight excluding hydrogens is 308 g/mol. The minimum atomic E-state index is -0.0606. The van der Waals surface area contributed by atoms with Crippen LogP contribution < -0.4 is 4.90 Å². The van der Waals surface area contributed by atoms with Crippen LogP contribution in [0.3, 0.4) is 0 Å². The first-order chi connectivity index (χ1) is 11.1. The highest BCUT2D eigenvalue weighted by Gasteiger charge is 2.33. The van der Waals surface area contributed by atoms with Crippen molar-refractivity contribution in [1.82, 2.24) is 4.98 Å². The van der Waals surface area contributed by atoms with Crippen molar-refractivity contribution >= 4 is 23.4 Å². The van der Waals surface area contributed by atoms with Crippen LogP contribution in [-0.4, -0.2) is 23.2 Å². The number of hydrogen-bond donors (Lipinski definition) is 0. The van der Waals surface area contributed by atoms with E-state index in [1.165, 1.54) is 10.5 Å². The van der Waals surface area contributed by atoms with E-state index in [0.717, 1.165) is 43.1 Å². The number of nitrogens with zero attached hydrogens (tertiary/aromatic N) is 2. The van der Waals surface area contributed by atoms with Gasteiger partial charge in [0.15, 0.2) is 5.89 Å². The molecule has 0 radical (unpaired) electrons. The molecule has 2 heterocycles. The summed E-state index contributed by atoms with van der Waals surface area (Å²) in [5.41, 5.74) is 2.92. The van der Waals surface area contributed by atoms with Gasteiger partial charge in [0.25, 0.3) is 5.91 Å². The summed E-state index contributed by atoms with van der Waals surface area (Å²) in [5.74, 6) is 2.53. The molecule has 1 aliphatic heterocycles. The number of benzene rings is 1. The summed E-state index contributed by atoms with van der Waals surface area (Å²) in [6.45, 7) is 4.67. The van der Waals surface area contributed by atoms with Crippen molar-refractivity contribution in [2.75, 3.05) is 17.2 Å². The summed E-state index contributed by atoms with van der Waals surface area (Å²) in [6.07, 6.45) is 3.22. The Kier molecular flexibility index (Phi) is 3.68. The van der Waals surface area contributed by atoms with Crippen molar-refractivity contribution < 1.29 is 9.21 Å². The lowest BCUT2D eigenvalue weighted by molar-refractivity contribution is 0.0957. The molecule has 120 valence electrons. The van der Waals surface area contributed by atoms with Crippen molar-refractivity contribution in [2.45, 2.75) is 43.9 Å². The standard InChI is InChI=1S/C18H20N2O2S/c1-11-4-7-14-15(10-11)23-9-3-8-20(14)18(21)16-12(2)19-17(22-16)13-5-6-13/h4,7,10,13H,3,5-6,8-9H2,1-2H3. The van der Waals surface area contributed by atoms with Gasteiger partial charge in [-0.3, -0.25) is 4.79 Å². The van der Waals surface area contributed by atoms with E-state index < -0.39 is 0 Å². The quantitative estimate of drug-likeness (QED) is 0.824. The molecule has 0 unspecified atom stereocenters.